The Labute approximate surface area is 101 Å². The Morgan fingerprint density at radius 1 is 1.18 bits per heavy atom. The molecule has 0 radical (unpaired) electrons. The van der Waals surface area contributed by atoms with Gasteiger partial charge in [0.1, 0.15) is 0 Å². The van der Waals surface area contributed by atoms with Gasteiger partial charge in [0.2, 0.25) is 0 Å². The summed E-state index contributed by atoms with van der Waals surface area (Å²) < 4.78 is 2.33. The highest BCUT2D eigenvalue weighted by Gasteiger charge is 2.28. The number of aliphatic imine (C=N–C) groups is 1. The summed E-state index contributed by atoms with van der Waals surface area (Å²) in [6.07, 6.45) is 4.90. The Hall–Kier alpha value is -1.57. The second-order valence-electron chi connectivity index (χ2n) is 5.21. The molecule has 0 bridgehead atoms. The highest BCUT2D eigenvalue weighted by Crippen LogP contribution is 2.34. The number of rotatable bonds is 1. The van der Waals surface area contributed by atoms with Gasteiger partial charge in [0, 0.05) is 18.0 Å². The van der Waals surface area contributed by atoms with Crippen molar-refractivity contribution in [3.63, 3.8) is 0 Å². The van der Waals surface area contributed by atoms with Crippen LogP contribution >= 0.6 is 0 Å². The van der Waals surface area contributed by atoms with Crippen molar-refractivity contribution in [2.24, 2.45) is 12.0 Å². The molecule has 0 saturated heterocycles. The van der Waals surface area contributed by atoms with Gasteiger partial charge in [-0.05, 0) is 37.3 Å². The Kier molecular flexibility index (Phi) is 1.79. The van der Waals surface area contributed by atoms with Gasteiger partial charge >= 0.3 is 0 Å². The van der Waals surface area contributed by atoms with E-state index in [1.165, 1.54) is 47.1 Å². The molecular formula is C15H16N2. The van der Waals surface area contributed by atoms with Crippen LogP contribution in [0, 0.1) is 0 Å². The van der Waals surface area contributed by atoms with E-state index in [9.17, 15) is 0 Å². The predicted molar refractivity (Wildman–Crippen MR) is 70.8 cm³/mol. The molecule has 0 amide bonds. The second-order valence-corrected chi connectivity index (χ2v) is 5.21. The van der Waals surface area contributed by atoms with E-state index in [1.807, 2.05) is 0 Å². The maximum atomic E-state index is 4.88. The second kappa shape index (κ2) is 3.22. The van der Waals surface area contributed by atoms with Crippen molar-refractivity contribution in [3.05, 3.63) is 35.5 Å². The van der Waals surface area contributed by atoms with Crippen molar-refractivity contribution in [3.8, 4) is 0 Å². The monoisotopic (exact) mass is 224 g/mol. The van der Waals surface area contributed by atoms with Crippen LogP contribution in [0.1, 0.15) is 30.5 Å². The topological polar surface area (TPSA) is 17.3 Å². The van der Waals surface area contributed by atoms with Crippen LogP contribution in [0.25, 0.3) is 10.9 Å². The predicted octanol–water partition coefficient (Wildman–Crippen LogP) is 3.08. The first-order chi connectivity index (χ1) is 8.34. The summed E-state index contributed by atoms with van der Waals surface area (Å²) in [5.41, 5.74) is 5.61. The first kappa shape index (κ1) is 9.46. The van der Waals surface area contributed by atoms with Crippen LogP contribution in [0.4, 0.5) is 0 Å². The lowest BCUT2D eigenvalue weighted by Crippen LogP contribution is -2.04. The molecular weight excluding hydrogens is 208 g/mol. The average Bonchev–Trinajstić information content (AvgIpc) is 2.99. The molecule has 0 atom stereocenters. The number of benzene rings is 1. The summed E-state index contributed by atoms with van der Waals surface area (Å²) in [5, 5.41) is 1.42. The summed E-state index contributed by atoms with van der Waals surface area (Å²) >= 11 is 0. The van der Waals surface area contributed by atoms with Crippen molar-refractivity contribution < 1.29 is 0 Å². The number of aryl methyl sites for hydroxylation is 2. The van der Waals surface area contributed by atoms with E-state index in [0.717, 1.165) is 6.42 Å². The number of para-hydroxylation sites is 1. The van der Waals surface area contributed by atoms with Crippen LogP contribution in [-0.4, -0.2) is 16.3 Å². The highest BCUT2D eigenvalue weighted by atomic mass is 15.0. The first-order valence-corrected chi connectivity index (χ1v) is 6.48. The zero-order chi connectivity index (χ0) is 11.4. The minimum atomic E-state index is 0.633. The minimum absolute atomic E-state index is 0.633. The fourth-order valence-electron chi connectivity index (χ4n) is 3.00. The standard InChI is InChI=1S/C15H16N2/c1-17-14-5-3-2-4-11(14)12-8-9-13(15(12)17)16-10-6-7-10/h2-5,10H,6-9H2,1H3. The van der Waals surface area contributed by atoms with Crippen molar-refractivity contribution in [2.45, 2.75) is 31.7 Å². The summed E-state index contributed by atoms with van der Waals surface area (Å²) in [7, 11) is 2.18. The maximum absolute atomic E-state index is 4.88. The molecule has 2 aromatic rings. The third kappa shape index (κ3) is 1.30. The molecule has 1 aromatic carbocycles. The van der Waals surface area contributed by atoms with Gasteiger partial charge in [-0.2, -0.15) is 0 Å². The van der Waals surface area contributed by atoms with Crippen LogP contribution in [0.15, 0.2) is 29.3 Å². The fraction of sp³-hybridized carbons (Fsp3) is 0.400. The van der Waals surface area contributed by atoms with Crippen LogP contribution in [0.3, 0.4) is 0 Å². The molecule has 2 nitrogen and oxygen atoms in total. The number of hydrogen-bond donors (Lipinski definition) is 0. The summed E-state index contributed by atoms with van der Waals surface area (Å²) in [5.74, 6) is 0. The molecule has 1 fully saturated rings. The van der Waals surface area contributed by atoms with E-state index >= 15 is 0 Å². The third-order valence-electron chi connectivity index (χ3n) is 3.98. The van der Waals surface area contributed by atoms with Crippen LogP contribution in [0.2, 0.25) is 0 Å². The first-order valence-electron chi connectivity index (χ1n) is 6.48. The molecule has 0 aliphatic heterocycles. The van der Waals surface area contributed by atoms with E-state index < -0.39 is 0 Å². The van der Waals surface area contributed by atoms with Gasteiger partial charge in [-0.25, -0.2) is 0 Å². The van der Waals surface area contributed by atoms with Gasteiger partial charge in [-0.3, -0.25) is 4.99 Å². The minimum Gasteiger partial charge on any atom is -0.342 e. The Morgan fingerprint density at radius 3 is 2.82 bits per heavy atom. The largest absolute Gasteiger partial charge is 0.342 e. The Bertz CT molecular complexity index is 630. The lowest BCUT2D eigenvalue weighted by Gasteiger charge is -2.03. The normalized spacial score (nSPS) is 21.4. The van der Waals surface area contributed by atoms with Gasteiger partial charge in [0.25, 0.3) is 0 Å². The molecule has 2 heteroatoms. The molecule has 1 heterocycles. The Morgan fingerprint density at radius 2 is 2.00 bits per heavy atom. The van der Waals surface area contributed by atoms with E-state index in [4.69, 9.17) is 4.99 Å². The maximum Gasteiger partial charge on any atom is 0.0662 e. The van der Waals surface area contributed by atoms with Gasteiger partial charge in [0.15, 0.2) is 0 Å². The summed E-state index contributed by atoms with van der Waals surface area (Å²) in [4.78, 5) is 4.88. The molecule has 2 aliphatic rings. The van der Waals surface area contributed by atoms with E-state index in [0.29, 0.717) is 6.04 Å². The molecule has 1 saturated carbocycles. The SMILES string of the molecule is Cn1c2c(c3ccccc31)CCC2=NC1CC1. The van der Waals surface area contributed by atoms with Crippen molar-refractivity contribution in [2.75, 3.05) is 0 Å². The van der Waals surface area contributed by atoms with Crippen molar-refractivity contribution in [1.29, 1.82) is 0 Å². The van der Waals surface area contributed by atoms with Crippen molar-refractivity contribution >= 4 is 16.6 Å². The van der Waals surface area contributed by atoms with E-state index in [1.54, 1.807) is 0 Å². The van der Waals surface area contributed by atoms with Crippen molar-refractivity contribution in [1.82, 2.24) is 4.57 Å². The summed E-state index contributed by atoms with van der Waals surface area (Å²) in [6, 6.07) is 9.35. The van der Waals surface area contributed by atoms with Gasteiger partial charge in [-0.1, -0.05) is 18.2 Å². The van der Waals surface area contributed by atoms with Gasteiger partial charge < -0.3 is 4.57 Å². The van der Waals surface area contributed by atoms with E-state index in [-0.39, 0.29) is 0 Å². The smallest absolute Gasteiger partial charge is 0.0662 e. The highest BCUT2D eigenvalue weighted by molar-refractivity contribution is 6.09. The molecule has 0 unspecified atom stereocenters. The fourth-order valence-corrected chi connectivity index (χ4v) is 3.00. The zero-order valence-electron chi connectivity index (χ0n) is 10.1. The van der Waals surface area contributed by atoms with Gasteiger partial charge in [0.05, 0.1) is 17.4 Å². The third-order valence-corrected chi connectivity index (χ3v) is 3.98. The average molecular weight is 224 g/mol. The lowest BCUT2D eigenvalue weighted by atomic mass is 10.1. The zero-order valence-corrected chi connectivity index (χ0v) is 10.1. The molecule has 1 aromatic heterocycles. The molecule has 17 heavy (non-hydrogen) atoms. The lowest BCUT2D eigenvalue weighted by molar-refractivity contribution is 0.946. The van der Waals surface area contributed by atoms with Gasteiger partial charge in [-0.15, -0.1) is 0 Å². The Balaban J connectivity index is 1.98. The molecule has 0 spiro atoms. The van der Waals surface area contributed by atoms with E-state index in [2.05, 4.69) is 35.9 Å². The number of fused-ring (bicyclic) bond motifs is 3. The number of hydrogen-bond acceptors (Lipinski definition) is 1. The van der Waals surface area contributed by atoms with Crippen LogP contribution < -0.4 is 0 Å². The molecule has 2 aliphatic carbocycles. The molecule has 4 rings (SSSR count). The quantitative estimate of drug-likeness (QED) is 0.708. The molecule has 86 valence electrons. The number of nitrogens with zero attached hydrogens (tertiary/aromatic N) is 2. The summed E-state index contributed by atoms with van der Waals surface area (Å²) in [6.45, 7) is 0. The van der Waals surface area contributed by atoms with Crippen LogP contribution in [0.5, 0.6) is 0 Å². The molecule has 0 N–H and O–H groups in total. The number of aromatic nitrogens is 1. The van der Waals surface area contributed by atoms with Crippen LogP contribution in [-0.2, 0) is 13.5 Å².